The lowest BCUT2D eigenvalue weighted by Gasteiger charge is -2.31. The lowest BCUT2D eigenvalue weighted by Crippen LogP contribution is -2.55. The standard InChI is InChI=1S/C46H54N8O6/c1-25(2)39(51-45(57)59-5)43(55)53-21-9-15-37(53)41-47-33-19-17-27(23-35(33)49-41)29-11-7-14-32-30(12-8-13-31(29)32)28-18-20-34-36(24-28)50-42(48-34)38-16-10-22-54(38)44(56)40(26(3)4)52-46(58)60-6/h7-8,11-14,17-20,23-26,33,35,37-40H,9-10,15-16,21-22H2,1-6H3,(H,47,49)(H,48,50)(H,51,57)(H,52,58)/t33?,35?,37-,38-,39-,40-/m0/s1. The summed E-state index contributed by atoms with van der Waals surface area (Å²) in [5.41, 5.74) is 6.05. The summed E-state index contributed by atoms with van der Waals surface area (Å²) in [6, 6.07) is 17.1. The van der Waals surface area contributed by atoms with E-state index in [0.29, 0.717) is 13.1 Å². The van der Waals surface area contributed by atoms with Gasteiger partial charge in [-0.3, -0.25) is 14.6 Å². The molecule has 2 saturated heterocycles. The minimum atomic E-state index is -0.700. The number of alkyl carbamates (subject to hydrolysis) is 2. The zero-order chi connectivity index (χ0) is 42.2. The van der Waals surface area contributed by atoms with Gasteiger partial charge in [0.2, 0.25) is 11.8 Å². The molecule has 1 aromatic heterocycles. The van der Waals surface area contributed by atoms with Crippen LogP contribution in [0.2, 0.25) is 0 Å². The summed E-state index contributed by atoms with van der Waals surface area (Å²) in [6.07, 6.45) is 8.55. The van der Waals surface area contributed by atoms with Crippen molar-refractivity contribution < 1.29 is 28.7 Å². The summed E-state index contributed by atoms with van der Waals surface area (Å²) in [5, 5.41) is 11.4. The number of aliphatic imine (C=N–C) groups is 1. The third-order valence-corrected chi connectivity index (χ3v) is 12.3. The van der Waals surface area contributed by atoms with Gasteiger partial charge in [-0.25, -0.2) is 14.6 Å². The Morgan fingerprint density at radius 1 is 0.783 bits per heavy atom. The van der Waals surface area contributed by atoms with Crippen LogP contribution in [0.25, 0.3) is 38.5 Å². The summed E-state index contributed by atoms with van der Waals surface area (Å²) in [4.78, 5) is 68.9. The number of aromatic amines is 1. The molecule has 314 valence electrons. The van der Waals surface area contributed by atoms with Crippen molar-refractivity contribution in [2.75, 3.05) is 27.3 Å². The van der Waals surface area contributed by atoms with Crippen molar-refractivity contribution in [2.45, 2.75) is 89.6 Å². The average molecular weight is 815 g/mol. The van der Waals surface area contributed by atoms with E-state index in [1.165, 1.54) is 14.2 Å². The summed E-state index contributed by atoms with van der Waals surface area (Å²) in [7, 11) is 2.60. The van der Waals surface area contributed by atoms with E-state index in [9.17, 15) is 19.2 Å². The van der Waals surface area contributed by atoms with Crippen LogP contribution in [-0.4, -0.2) is 107 Å². The second-order valence-electron chi connectivity index (χ2n) is 16.8. The number of likely N-dealkylation sites (tertiary alicyclic amines) is 2. The number of H-pyrrole nitrogens is 1. The predicted octanol–water partition coefficient (Wildman–Crippen LogP) is 6.49. The molecule has 60 heavy (non-hydrogen) atoms. The topological polar surface area (TPSA) is 170 Å². The molecule has 2 fully saturated rings. The van der Waals surface area contributed by atoms with E-state index in [-0.39, 0.29) is 47.8 Å². The Morgan fingerprint density at radius 3 is 2.02 bits per heavy atom. The lowest BCUT2D eigenvalue weighted by atomic mass is 9.89. The highest BCUT2D eigenvalue weighted by Crippen LogP contribution is 2.38. The molecule has 14 nitrogen and oxygen atoms in total. The molecule has 0 spiro atoms. The molecule has 14 heteroatoms. The van der Waals surface area contributed by atoms with Crippen LogP contribution in [0.4, 0.5) is 9.59 Å². The van der Waals surface area contributed by atoms with Crippen LogP contribution in [0.15, 0.2) is 77.8 Å². The monoisotopic (exact) mass is 814 g/mol. The van der Waals surface area contributed by atoms with Crippen LogP contribution in [0.1, 0.15) is 70.8 Å². The summed E-state index contributed by atoms with van der Waals surface area (Å²) < 4.78 is 9.60. The number of amidine groups is 1. The highest BCUT2D eigenvalue weighted by molar-refractivity contribution is 6.05. The third kappa shape index (κ3) is 7.70. The Bertz CT molecular complexity index is 2420. The van der Waals surface area contributed by atoms with Gasteiger partial charge in [-0.2, -0.15) is 0 Å². The normalized spacial score (nSPS) is 22.1. The van der Waals surface area contributed by atoms with Crippen molar-refractivity contribution >= 4 is 57.2 Å². The van der Waals surface area contributed by atoms with Gasteiger partial charge in [0.25, 0.3) is 0 Å². The van der Waals surface area contributed by atoms with E-state index in [4.69, 9.17) is 19.5 Å². The minimum Gasteiger partial charge on any atom is -0.453 e. The minimum absolute atomic E-state index is 0.0616. The highest BCUT2D eigenvalue weighted by atomic mass is 16.5. The van der Waals surface area contributed by atoms with Crippen molar-refractivity contribution in [3.05, 3.63) is 84.2 Å². The summed E-state index contributed by atoms with van der Waals surface area (Å²) >= 11 is 0. The number of aromatic nitrogens is 2. The van der Waals surface area contributed by atoms with Crippen molar-refractivity contribution in [1.29, 1.82) is 0 Å². The number of imidazole rings is 1. The zero-order valence-corrected chi connectivity index (χ0v) is 35.0. The molecule has 4 amide bonds. The number of fused-ring (bicyclic) bond motifs is 3. The summed E-state index contributed by atoms with van der Waals surface area (Å²) in [6.45, 7) is 8.84. The first kappa shape index (κ1) is 40.6. The van der Waals surface area contributed by atoms with Gasteiger partial charge in [0.05, 0.1) is 49.4 Å². The molecule has 2 unspecified atom stereocenters. The van der Waals surface area contributed by atoms with Gasteiger partial charge in [-0.05, 0) is 82.7 Å². The molecule has 4 aliphatic rings. The largest absolute Gasteiger partial charge is 0.453 e. The number of hydrogen-bond acceptors (Lipinski definition) is 9. The van der Waals surface area contributed by atoms with Crippen LogP contribution in [-0.2, 0) is 19.1 Å². The number of amides is 4. The number of hydrogen-bond donors (Lipinski definition) is 4. The number of ether oxygens (including phenoxy) is 2. The van der Waals surface area contributed by atoms with E-state index in [1.54, 1.807) is 0 Å². The molecule has 0 radical (unpaired) electrons. The molecule has 3 aliphatic heterocycles. The van der Waals surface area contributed by atoms with Gasteiger partial charge in [-0.15, -0.1) is 0 Å². The van der Waals surface area contributed by atoms with E-state index < -0.39 is 24.3 Å². The van der Waals surface area contributed by atoms with E-state index in [0.717, 1.165) is 81.4 Å². The number of nitrogens with one attached hydrogen (secondary N) is 4. The predicted molar refractivity (Wildman–Crippen MR) is 231 cm³/mol. The number of benzene rings is 3. The fourth-order valence-corrected chi connectivity index (χ4v) is 9.20. The Morgan fingerprint density at radius 2 is 1.38 bits per heavy atom. The van der Waals surface area contributed by atoms with Crippen molar-refractivity contribution in [2.24, 2.45) is 16.8 Å². The van der Waals surface area contributed by atoms with Crippen LogP contribution < -0.4 is 16.0 Å². The molecule has 4 N–H and O–H groups in total. The van der Waals surface area contributed by atoms with Gasteiger partial charge in [0.15, 0.2) is 0 Å². The van der Waals surface area contributed by atoms with E-state index in [1.807, 2.05) is 43.6 Å². The first-order valence-electron chi connectivity index (χ1n) is 21.0. The molecule has 8 rings (SSSR count). The van der Waals surface area contributed by atoms with Gasteiger partial charge in [0, 0.05) is 13.1 Å². The SMILES string of the molecule is COC(=O)N[C@H](C(=O)N1CCC[C@H]1C1=NC2C=CC(c3cccc4c(-c5ccc6nc([C@@H]7CCCN7C(=O)[C@@H](NC(=O)OC)C(C)C)[nH]c6c5)cccc34)=CC2N1)C(C)C. The second-order valence-corrected chi connectivity index (χ2v) is 16.8. The van der Waals surface area contributed by atoms with Crippen LogP contribution >= 0.6 is 0 Å². The fraction of sp³-hybridized carbons (Fsp3) is 0.435. The summed E-state index contributed by atoms with van der Waals surface area (Å²) in [5.74, 6) is 1.05. The number of allylic oxidation sites excluding steroid dienone is 2. The number of nitrogens with zero attached hydrogens (tertiary/aromatic N) is 4. The molecule has 4 heterocycles. The van der Waals surface area contributed by atoms with Gasteiger partial charge >= 0.3 is 12.2 Å². The third-order valence-electron chi connectivity index (χ3n) is 12.3. The Balaban J connectivity index is 1.02. The van der Waals surface area contributed by atoms with Gasteiger partial charge in [0.1, 0.15) is 23.7 Å². The first-order chi connectivity index (χ1) is 28.9. The fourth-order valence-electron chi connectivity index (χ4n) is 9.20. The van der Waals surface area contributed by atoms with Gasteiger partial charge < -0.3 is 40.2 Å². The molecular formula is C46H54N8O6. The number of rotatable bonds is 10. The maximum absolute atomic E-state index is 13.8. The van der Waals surface area contributed by atoms with Crippen LogP contribution in [0.3, 0.4) is 0 Å². The Labute approximate surface area is 349 Å². The molecule has 6 atom stereocenters. The second kappa shape index (κ2) is 16.8. The molecule has 1 aliphatic carbocycles. The molecule has 0 saturated carbocycles. The van der Waals surface area contributed by atoms with Gasteiger partial charge in [-0.1, -0.05) is 88.4 Å². The Kier molecular flexibility index (Phi) is 11.4. The van der Waals surface area contributed by atoms with Crippen molar-refractivity contribution in [3.8, 4) is 11.1 Å². The molecule has 4 aromatic rings. The smallest absolute Gasteiger partial charge is 0.407 e. The molecule has 0 bridgehead atoms. The van der Waals surface area contributed by atoms with Crippen molar-refractivity contribution in [1.82, 2.24) is 35.7 Å². The maximum Gasteiger partial charge on any atom is 0.407 e. The van der Waals surface area contributed by atoms with Crippen LogP contribution in [0, 0.1) is 11.8 Å². The van der Waals surface area contributed by atoms with E-state index in [2.05, 4.69) is 87.7 Å². The Hall–Kier alpha value is -6.18. The maximum atomic E-state index is 13.8. The zero-order valence-electron chi connectivity index (χ0n) is 35.0. The van der Waals surface area contributed by atoms with Crippen molar-refractivity contribution in [3.63, 3.8) is 0 Å². The first-order valence-corrected chi connectivity index (χ1v) is 21.0. The lowest BCUT2D eigenvalue weighted by molar-refractivity contribution is -0.135. The quantitative estimate of drug-likeness (QED) is 0.141. The number of methoxy groups -OCH3 is 2. The molecule has 3 aromatic carbocycles. The molecular weight excluding hydrogens is 761 g/mol. The average Bonchev–Trinajstić information content (AvgIpc) is 4.08. The number of carbonyl (C=O) groups excluding carboxylic acids is 4. The number of carbonyl (C=O) groups is 4. The van der Waals surface area contributed by atoms with Crippen LogP contribution in [0.5, 0.6) is 0 Å². The highest BCUT2D eigenvalue weighted by Gasteiger charge is 2.41. The van der Waals surface area contributed by atoms with E-state index >= 15 is 0 Å².